The Morgan fingerprint density at radius 3 is 2.41 bits per heavy atom. The van der Waals surface area contributed by atoms with Crippen LogP contribution >= 0.6 is 34.8 Å². The zero-order chi connectivity index (χ0) is 12.2. The number of hydrogen-bond acceptors (Lipinski definition) is 0. The van der Waals surface area contributed by atoms with E-state index in [1.807, 2.05) is 12.1 Å². The number of fused-ring (bicyclic) bond motifs is 3. The Morgan fingerprint density at radius 1 is 0.941 bits per heavy atom. The SMILES string of the molecule is Clc1cc2c(c(Cl)c1Cl)[CH]([Zr])c1ccccc1-2. The van der Waals surface area contributed by atoms with E-state index in [9.17, 15) is 0 Å². The van der Waals surface area contributed by atoms with Crippen LogP contribution in [0, 0.1) is 0 Å². The quantitative estimate of drug-likeness (QED) is 0.563. The summed E-state index contributed by atoms with van der Waals surface area (Å²) in [6.07, 6.45) is 0. The molecule has 2 aromatic rings. The Balaban J connectivity index is 2.39. The molecule has 1 aliphatic rings. The number of rotatable bonds is 0. The molecule has 0 N–H and O–H groups in total. The molecule has 0 saturated carbocycles. The van der Waals surface area contributed by atoms with Crippen molar-refractivity contribution in [3.8, 4) is 11.1 Å². The van der Waals surface area contributed by atoms with Gasteiger partial charge >= 0.3 is 131 Å². The molecule has 3 rings (SSSR count). The first kappa shape index (κ1) is 12.2. The van der Waals surface area contributed by atoms with Gasteiger partial charge in [-0.2, -0.15) is 0 Å². The van der Waals surface area contributed by atoms with Crippen molar-refractivity contribution in [2.75, 3.05) is 0 Å². The molecule has 1 unspecified atom stereocenters. The number of halogens is 3. The van der Waals surface area contributed by atoms with Crippen LogP contribution in [-0.4, -0.2) is 0 Å². The van der Waals surface area contributed by atoms with Crippen molar-refractivity contribution in [2.45, 2.75) is 3.63 Å². The van der Waals surface area contributed by atoms with Crippen molar-refractivity contribution < 1.29 is 24.7 Å². The molecule has 0 nitrogen and oxygen atoms in total. The first-order valence-corrected chi connectivity index (χ1v) is 7.64. The van der Waals surface area contributed by atoms with Gasteiger partial charge in [0.2, 0.25) is 0 Å². The van der Waals surface area contributed by atoms with Crippen LogP contribution < -0.4 is 0 Å². The molecule has 4 heteroatoms. The fourth-order valence-corrected chi connectivity index (χ4v) is 4.57. The molecule has 0 spiro atoms. The molecule has 0 heterocycles. The van der Waals surface area contributed by atoms with Gasteiger partial charge in [-0.15, -0.1) is 0 Å². The monoisotopic (exact) mass is 357 g/mol. The topological polar surface area (TPSA) is 0 Å². The van der Waals surface area contributed by atoms with Gasteiger partial charge in [0, 0.05) is 0 Å². The minimum atomic E-state index is 0.357. The molecule has 0 fully saturated rings. The van der Waals surface area contributed by atoms with E-state index in [1.54, 1.807) is 0 Å². The molecule has 17 heavy (non-hydrogen) atoms. The third-order valence-corrected chi connectivity index (χ3v) is 5.80. The Labute approximate surface area is 130 Å². The summed E-state index contributed by atoms with van der Waals surface area (Å²) in [6.45, 7) is 0. The number of benzene rings is 2. The van der Waals surface area contributed by atoms with Gasteiger partial charge < -0.3 is 0 Å². The van der Waals surface area contributed by atoms with Crippen molar-refractivity contribution in [1.82, 2.24) is 0 Å². The van der Waals surface area contributed by atoms with Crippen molar-refractivity contribution in [3.05, 3.63) is 56.5 Å². The average molecular weight is 360 g/mol. The van der Waals surface area contributed by atoms with Gasteiger partial charge in [-0.1, -0.05) is 0 Å². The molecule has 1 aliphatic carbocycles. The van der Waals surface area contributed by atoms with E-state index in [1.165, 1.54) is 35.8 Å². The van der Waals surface area contributed by atoms with Crippen LogP contribution in [0.4, 0.5) is 0 Å². The molecule has 0 aliphatic heterocycles. The molecule has 0 aromatic heterocycles. The standard InChI is InChI=1S/C13H6Cl3.Zr/c14-11-6-9-8-4-2-1-3-7(8)5-10(9)12(15)13(11)16;/h1-6H;. The van der Waals surface area contributed by atoms with Crippen LogP contribution in [-0.2, 0) is 24.7 Å². The van der Waals surface area contributed by atoms with Crippen molar-refractivity contribution >= 4 is 34.8 Å². The summed E-state index contributed by atoms with van der Waals surface area (Å²) in [4.78, 5) is 0. The summed E-state index contributed by atoms with van der Waals surface area (Å²) < 4.78 is 0.357. The number of hydrogen-bond donors (Lipinski definition) is 0. The second kappa shape index (κ2) is 4.39. The first-order chi connectivity index (χ1) is 8.11. The maximum atomic E-state index is 6.33. The average Bonchev–Trinajstić information content (AvgIpc) is 2.61. The second-order valence-corrected chi connectivity index (χ2v) is 6.55. The zero-order valence-corrected chi connectivity index (χ0v) is 13.3. The summed E-state index contributed by atoms with van der Waals surface area (Å²) >= 11 is 20.0. The summed E-state index contributed by atoms with van der Waals surface area (Å²) in [5.41, 5.74) is 4.80. The van der Waals surface area contributed by atoms with E-state index in [-0.39, 0.29) is 0 Å². The Bertz CT molecular complexity index is 622. The van der Waals surface area contributed by atoms with Gasteiger partial charge in [0.05, 0.1) is 0 Å². The molecule has 0 bridgehead atoms. The molecule has 83 valence electrons. The van der Waals surface area contributed by atoms with Gasteiger partial charge in [0.15, 0.2) is 0 Å². The molecular weight excluding hydrogens is 354 g/mol. The van der Waals surface area contributed by atoms with Gasteiger partial charge in [0.1, 0.15) is 0 Å². The van der Waals surface area contributed by atoms with E-state index in [0.717, 1.165) is 11.1 Å². The Hall–Kier alpha value is 0.193. The van der Waals surface area contributed by atoms with E-state index in [0.29, 0.717) is 18.7 Å². The van der Waals surface area contributed by atoms with Crippen LogP contribution in [0.1, 0.15) is 14.8 Å². The molecular formula is C13H6Cl3Zr. The van der Waals surface area contributed by atoms with Crippen LogP contribution in [0.5, 0.6) is 0 Å². The maximum absolute atomic E-state index is 6.33. The first-order valence-electron chi connectivity index (χ1n) is 5.09. The van der Waals surface area contributed by atoms with Gasteiger partial charge in [0.25, 0.3) is 0 Å². The fourth-order valence-electron chi connectivity index (χ4n) is 2.26. The predicted octanol–water partition coefficient (Wildman–Crippen LogP) is 5.26. The normalized spacial score (nSPS) is 16.7. The third kappa shape index (κ3) is 1.75. The molecule has 0 radical (unpaired) electrons. The van der Waals surface area contributed by atoms with Crippen LogP contribution in [0.3, 0.4) is 0 Å². The van der Waals surface area contributed by atoms with Crippen molar-refractivity contribution in [2.24, 2.45) is 0 Å². The predicted molar refractivity (Wildman–Crippen MR) is 68.8 cm³/mol. The Morgan fingerprint density at radius 2 is 1.65 bits per heavy atom. The summed E-state index contributed by atoms with van der Waals surface area (Å²) in [5.74, 6) is 0. The van der Waals surface area contributed by atoms with E-state index < -0.39 is 0 Å². The van der Waals surface area contributed by atoms with Crippen LogP contribution in [0.2, 0.25) is 15.1 Å². The van der Waals surface area contributed by atoms with Crippen molar-refractivity contribution in [1.29, 1.82) is 0 Å². The fraction of sp³-hybridized carbons (Fsp3) is 0.0769. The molecule has 2 aromatic carbocycles. The Kier molecular flexibility index (Phi) is 3.16. The van der Waals surface area contributed by atoms with Crippen molar-refractivity contribution in [3.63, 3.8) is 0 Å². The van der Waals surface area contributed by atoms with Crippen LogP contribution in [0.15, 0.2) is 30.3 Å². The molecule has 1 atom stereocenters. The van der Waals surface area contributed by atoms with Gasteiger partial charge in [-0.25, -0.2) is 0 Å². The van der Waals surface area contributed by atoms with E-state index in [4.69, 9.17) is 34.8 Å². The second-order valence-electron chi connectivity index (χ2n) is 3.97. The summed E-state index contributed by atoms with van der Waals surface area (Å²) in [6, 6.07) is 10.3. The van der Waals surface area contributed by atoms with Crippen LogP contribution in [0.25, 0.3) is 11.1 Å². The third-order valence-electron chi connectivity index (χ3n) is 3.05. The summed E-state index contributed by atoms with van der Waals surface area (Å²) in [5, 5.41) is 1.59. The molecule has 0 saturated heterocycles. The van der Waals surface area contributed by atoms with E-state index >= 15 is 0 Å². The molecule has 0 amide bonds. The van der Waals surface area contributed by atoms with Gasteiger partial charge in [-0.3, -0.25) is 0 Å². The minimum absolute atomic E-state index is 0.357. The summed E-state index contributed by atoms with van der Waals surface area (Å²) in [7, 11) is 0. The van der Waals surface area contributed by atoms with E-state index in [2.05, 4.69) is 18.2 Å². The zero-order valence-electron chi connectivity index (χ0n) is 8.60. The van der Waals surface area contributed by atoms with Gasteiger partial charge in [-0.05, 0) is 0 Å².